The summed E-state index contributed by atoms with van der Waals surface area (Å²) in [6, 6.07) is 15.2. The molecule has 0 saturated carbocycles. The van der Waals surface area contributed by atoms with Crippen LogP contribution in [-0.2, 0) is 10.8 Å². The van der Waals surface area contributed by atoms with E-state index in [1.807, 2.05) is 55.5 Å². The second kappa shape index (κ2) is 6.63. The molecule has 2 aromatic rings. The Morgan fingerprint density at radius 3 is 2.42 bits per heavy atom. The number of aliphatic hydroxyl groups is 1. The molecular weight excluding hydrogens is 371 g/mol. The van der Waals surface area contributed by atoms with E-state index < -0.39 is 16.9 Å². The molecule has 0 aliphatic rings. The van der Waals surface area contributed by atoms with Gasteiger partial charge in [0.2, 0.25) is 0 Å². The summed E-state index contributed by atoms with van der Waals surface area (Å²) in [4.78, 5) is 0.760. The molecule has 0 bridgehead atoms. The third kappa shape index (κ3) is 3.87. The Morgan fingerprint density at radius 1 is 1.16 bits per heavy atom. The van der Waals surface area contributed by atoms with Gasteiger partial charge in [0, 0.05) is 8.47 Å². The lowest BCUT2D eigenvalue weighted by molar-refractivity contribution is 0.202. The van der Waals surface area contributed by atoms with Gasteiger partial charge in [-0.1, -0.05) is 35.9 Å². The third-order valence-corrected chi connectivity index (χ3v) is 5.26. The molecule has 100 valence electrons. The Bertz CT molecular complexity index is 581. The fraction of sp³-hybridized carbons (Fsp3) is 0.200. The topological polar surface area (TPSA) is 37.3 Å². The van der Waals surface area contributed by atoms with Crippen molar-refractivity contribution in [3.05, 3.63) is 63.2 Å². The summed E-state index contributed by atoms with van der Waals surface area (Å²) in [5, 5.41) is 10.2. The highest BCUT2D eigenvalue weighted by molar-refractivity contribution is 14.1. The number of halogens is 1. The first-order valence-corrected chi connectivity index (χ1v) is 8.35. The minimum absolute atomic E-state index is 0.225. The zero-order valence-corrected chi connectivity index (χ0v) is 13.5. The summed E-state index contributed by atoms with van der Waals surface area (Å²) in [7, 11) is -1.18. The normalized spacial score (nSPS) is 14.1. The molecule has 0 aliphatic heterocycles. The predicted octanol–water partition coefficient (Wildman–Crippen LogP) is 3.44. The Hall–Kier alpha value is -0.720. The zero-order chi connectivity index (χ0) is 13.8. The van der Waals surface area contributed by atoms with Crippen LogP contribution in [-0.4, -0.2) is 15.1 Å². The minimum atomic E-state index is -1.18. The summed E-state index contributed by atoms with van der Waals surface area (Å²) in [6.45, 7) is 1.99. The highest BCUT2D eigenvalue weighted by Gasteiger charge is 2.15. The van der Waals surface area contributed by atoms with Crippen molar-refractivity contribution < 1.29 is 9.32 Å². The van der Waals surface area contributed by atoms with E-state index in [-0.39, 0.29) is 5.75 Å². The van der Waals surface area contributed by atoms with E-state index >= 15 is 0 Å². The number of hydrogen-bond acceptors (Lipinski definition) is 2. The molecule has 4 heteroatoms. The van der Waals surface area contributed by atoms with E-state index in [2.05, 4.69) is 22.6 Å². The van der Waals surface area contributed by atoms with E-state index in [0.717, 1.165) is 19.6 Å². The van der Waals surface area contributed by atoms with Crippen LogP contribution in [0.5, 0.6) is 0 Å². The molecule has 0 amide bonds. The minimum Gasteiger partial charge on any atom is -0.387 e. The molecule has 19 heavy (non-hydrogen) atoms. The van der Waals surface area contributed by atoms with Gasteiger partial charge < -0.3 is 5.11 Å². The molecule has 2 atom stereocenters. The Morgan fingerprint density at radius 2 is 1.79 bits per heavy atom. The molecule has 0 aliphatic carbocycles. The molecule has 2 nitrogen and oxygen atoms in total. The SMILES string of the molecule is Cc1ccc([S@](=O)C[C@H](O)c2ccccc2I)cc1. The summed E-state index contributed by atoms with van der Waals surface area (Å²) < 4.78 is 13.2. The van der Waals surface area contributed by atoms with Crippen LogP contribution in [0.15, 0.2) is 53.4 Å². The highest BCUT2D eigenvalue weighted by atomic mass is 127. The van der Waals surface area contributed by atoms with Crippen molar-refractivity contribution in [2.24, 2.45) is 0 Å². The van der Waals surface area contributed by atoms with Crippen molar-refractivity contribution in [3.8, 4) is 0 Å². The van der Waals surface area contributed by atoms with Crippen LogP contribution in [0.25, 0.3) is 0 Å². The quantitative estimate of drug-likeness (QED) is 0.818. The van der Waals surface area contributed by atoms with Gasteiger partial charge in [0.25, 0.3) is 0 Å². The standard InChI is InChI=1S/C15H15IO2S/c1-11-6-8-12(9-7-11)19(18)10-15(17)13-4-2-3-5-14(13)16/h2-9,15,17H,10H2,1H3/t15-,19+/m0/s1. The van der Waals surface area contributed by atoms with E-state index in [1.54, 1.807) is 0 Å². The molecule has 0 saturated heterocycles. The largest absolute Gasteiger partial charge is 0.387 e. The maximum atomic E-state index is 12.2. The molecular formula is C15H15IO2S. The second-order valence-corrected chi connectivity index (χ2v) is 7.02. The van der Waals surface area contributed by atoms with Crippen molar-refractivity contribution >= 4 is 33.4 Å². The van der Waals surface area contributed by atoms with Gasteiger partial charge in [-0.2, -0.15) is 0 Å². The van der Waals surface area contributed by atoms with Crippen molar-refractivity contribution in [1.82, 2.24) is 0 Å². The van der Waals surface area contributed by atoms with Crippen molar-refractivity contribution in [3.63, 3.8) is 0 Å². The Labute approximate surface area is 129 Å². The fourth-order valence-electron chi connectivity index (χ4n) is 1.76. The first-order valence-electron chi connectivity index (χ1n) is 5.95. The maximum Gasteiger partial charge on any atom is 0.0919 e. The molecule has 1 N–H and O–H groups in total. The maximum absolute atomic E-state index is 12.2. The molecule has 0 heterocycles. The monoisotopic (exact) mass is 386 g/mol. The van der Waals surface area contributed by atoms with E-state index in [9.17, 15) is 9.32 Å². The highest BCUT2D eigenvalue weighted by Crippen LogP contribution is 2.22. The fourth-order valence-corrected chi connectivity index (χ4v) is 3.61. The van der Waals surface area contributed by atoms with E-state index in [1.165, 1.54) is 0 Å². The summed E-state index contributed by atoms with van der Waals surface area (Å²) in [6.07, 6.45) is -0.699. The van der Waals surface area contributed by atoms with Gasteiger partial charge in [-0.3, -0.25) is 4.21 Å². The van der Waals surface area contributed by atoms with E-state index in [0.29, 0.717) is 0 Å². The van der Waals surface area contributed by atoms with Crippen LogP contribution >= 0.6 is 22.6 Å². The number of aryl methyl sites for hydroxylation is 1. The molecule has 0 aromatic heterocycles. The molecule has 2 aromatic carbocycles. The summed E-state index contributed by atoms with van der Waals surface area (Å²) in [5.41, 5.74) is 1.97. The molecule has 0 unspecified atom stereocenters. The lowest BCUT2D eigenvalue weighted by atomic mass is 10.1. The number of benzene rings is 2. The van der Waals surface area contributed by atoms with Gasteiger partial charge in [0.05, 0.1) is 22.7 Å². The van der Waals surface area contributed by atoms with Crippen LogP contribution in [0.3, 0.4) is 0 Å². The second-order valence-electron chi connectivity index (χ2n) is 4.36. The van der Waals surface area contributed by atoms with Crippen LogP contribution in [0.2, 0.25) is 0 Å². The smallest absolute Gasteiger partial charge is 0.0919 e. The first-order chi connectivity index (χ1) is 9.08. The summed E-state index contributed by atoms with van der Waals surface area (Å²) >= 11 is 2.18. The van der Waals surface area contributed by atoms with Crippen LogP contribution in [0.1, 0.15) is 17.2 Å². The average Bonchev–Trinajstić information content (AvgIpc) is 2.39. The Kier molecular flexibility index (Phi) is 5.13. The van der Waals surface area contributed by atoms with Crippen LogP contribution in [0.4, 0.5) is 0 Å². The molecule has 0 spiro atoms. The van der Waals surface area contributed by atoms with Crippen molar-refractivity contribution in [2.75, 3.05) is 5.75 Å². The summed E-state index contributed by atoms with van der Waals surface area (Å²) in [5.74, 6) is 0.225. The Balaban J connectivity index is 2.11. The van der Waals surface area contributed by atoms with Gasteiger partial charge in [0.15, 0.2) is 0 Å². The molecule has 2 rings (SSSR count). The van der Waals surface area contributed by atoms with E-state index in [4.69, 9.17) is 0 Å². The van der Waals surface area contributed by atoms with Gasteiger partial charge in [-0.25, -0.2) is 0 Å². The van der Waals surface area contributed by atoms with Gasteiger partial charge in [0.1, 0.15) is 0 Å². The average molecular weight is 386 g/mol. The zero-order valence-electron chi connectivity index (χ0n) is 10.5. The lowest BCUT2D eigenvalue weighted by Crippen LogP contribution is -2.10. The van der Waals surface area contributed by atoms with Gasteiger partial charge in [-0.15, -0.1) is 0 Å². The van der Waals surface area contributed by atoms with Crippen LogP contribution < -0.4 is 0 Å². The van der Waals surface area contributed by atoms with Gasteiger partial charge >= 0.3 is 0 Å². The number of aliphatic hydroxyl groups excluding tert-OH is 1. The molecule has 0 radical (unpaired) electrons. The van der Waals surface area contributed by atoms with Crippen molar-refractivity contribution in [1.29, 1.82) is 0 Å². The lowest BCUT2D eigenvalue weighted by Gasteiger charge is -2.12. The predicted molar refractivity (Wildman–Crippen MR) is 86.6 cm³/mol. The van der Waals surface area contributed by atoms with Crippen molar-refractivity contribution in [2.45, 2.75) is 17.9 Å². The third-order valence-electron chi connectivity index (χ3n) is 2.86. The number of rotatable bonds is 4. The molecule has 0 fully saturated rings. The first kappa shape index (κ1) is 14.7. The van der Waals surface area contributed by atoms with Gasteiger partial charge in [-0.05, 0) is 53.3 Å². The van der Waals surface area contributed by atoms with Crippen LogP contribution in [0, 0.1) is 10.5 Å². The number of hydrogen-bond donors (Lipinski definition) is 1.